The Morgan fingerprint density at radius 3 is 2.31 bits per heavy atom. The van der Waals surface area contributed by atoms with Crippen molar-refractivity contribution in [2.45, 2.75) is 56.5 Å². The molecule has 5 unspecified atom stereocenters. The minimum atomic E-state index is -1.53. The van der Waals surface area contributed by atoms with Crippen LogP contribution in [0.5, 0.6) is 0 Å². The Hall–Kier alpha value is -2.38. The number of amides is 3. The largest absolute Gasteiger partial charge is 0.481 e. The molecule has 0 bridgehead atoms. The second-order valence-electron chi connectivity index (χ2n) is 6.70. The van der Waals surface area contributed by atoms with Crippen LogP contribution in [0.1, 0.15) is 26.2 Å². The zero-order valence-corrected chi connectivity index (χ0v) is 16.7. The number of carboxylic acids is 2. The molecule has 1 saturated heterocycles. The monoisotopic (exact) mass is 434 g/mol. The highest BCUT2D eigenvalue weighted by Gasteiger charge is 2.39. The zero-order chi connectivity index (χ0) is 22.3. The Bertz CT molecular complexity index is 659. The number of aliphatic hydroxyl groups excluding tert-OH is 1. The highest BCUT2D eigenvalue weighted by atomic mass is 32.1. The van der Waals surface area contributed by atoms with E-state index in [-0.39, 0.29) is 18.7 Å². The number of thiol groups is 1. The fourth-order valence-corrected chi connectivity index (χ4v) is 3.13. The molecule has 1 heterocycles. The number of carboxylic acid groups (broad SMARTS) is 2. The summed E-state index contributed by atoms with van der Waals surface area (Å²) in [6, 6.07) is -5.02. The lowest BCUT2D eigenvalue weighted by Gasteiger charge is -2.29. The fraction of sp³-hybridized carbons (Fsp3) is 0.688. The molecule has 1 rings (SSSR count). The number of carbonyl (C=O) groups excluding carboxylic acids is 3. The number of nitrogens with one attached hydrogen (secondary N) is 2. The van der Waals surface area contributed by atoms with E-state index in [0.717, 1.165) is 0 Å². The van der Waals surface area contributed by atoms with Crippen molar-refractivity contribution in [2.24, 2.45) is 5.73 Å². The predicted octanol–water partition coefficient (Wildman–Crippen LogP) is -2.86. The van der Waals surface area contributed by atoms with Crippen LogP contribution >= 0.6 is 12.6 Å². The van der Waals surface area contributed by atoms with Gasteiger partial charge in [-0.1, -0.05) is 0 Å². The van der Waals surface area contributed by atoms with E-state index in [4.69, 9.17) is 15.9 Å². The molecule has 0 aromatic heterocycles. The quantitative estimate of drug-likeness (QED) is 0.177. The Morgan fingerprint density at radius 1 is 1.21 bits per heavy atom. The standard InChI is InChI=1S/C16H26N4O8S/c1-7(21)12(16(27)28)19-14(25)10-3-2-4-20(10)15(26)9(6-29)18-13(24)8(17)5-11(22)23/h7-10,12,21,29H,2-6,17H2,1H3,(H,18,24)(H,19,25)(H,22,23)(H,27,28). The SMILES string of the molecule is CC(O)C(NC(=O)C1CCCN1C(=O)C(CS)NC(=O)C(N)CC(=O)O)C(=O)O. The Balaban J connectivity index is 2.84. The molecule has 0 aromatic rings. The molecule has 7 N–H and O–H groups in total. The molecule has 1 aliphatic rings. The molecule has 0 aliphatic carbocycles. The number of hydrogen-bond acceptors (Lipinski definition) is 8. The summed E-state index contributed by atoms with van der Waals surface area (Å²) in [5, 5.41) is 31.8. The third-order valence-corrected chi connectivity index (χ3v) is 4.78. The van der Waals surface area contributed by atoms with Crippen molar-refractivity contribution >= 4 is 42.3 Å². The van der Waals surface area contributed by atoms with Gasteiger partial charge in [-0.05, 0) is 19.8 Å². The number of carbonyl (C=O) groups is 5. The van der Waals surface area contributed by atoms with Gasteiger partial charge in [-0.25, -0.2) is 4.79 Å². The molecule has 29 heavy (non-hydrogen) atoms. The predicted molar refractivity (Wildman–Crippen MR) is 102 cm³/mol. The van der Waals surface area contributed by atoms with Crippen molar-refractivity contribution in [3.8, 4) is 0 Å². The van der Waals surface area contributed by atoms with Crippen LogP contribution < -0.4 is 16.4 Å². The summed E-state index contributed by atoms with van der Waals surface area (Å²) in [6.07, 6.45) is -1.22. The first-order valence-electron chi connectivity index (χ1n) is 8.89. The van der Waals surface area contributed by atoms with Crippen molar-refractivity contribution in [3.05, 3.63) is 0 Å². The molecule has 0 saturated carbocycles. The van der Waals surface area contributed by atoms with Gasteiger partial charge in [0.05, 0.1) is 18.6 Å². The van der Waals surface area contributed by atoms with Crippen LogP contribution in [0.25, 0.3) is 0 Å². The van der Waals surface area contributed by atoms with E-state index in [1.165, 1.54) is 11.8 Å². The lowest BCUT2D eigenvalue weighted by atomic mass is 10.1. The summed E-state index contributed by atoms with van der Waals surface area (Å²) < 4.78 is 0. The van der Waals surface area contributed by atoms with Gasteiger partial charge >= 0.3 is 11.9 Å². The number of nitrogens with zero attached hydrogens (tertiary/aromatic N) is 1. The van der Waals surface area contributed by atoms with Gasteiger partial charge < -0.3 is 36.6 Å². The molecule has 13 heteroatoms. The van der Waals surface area contributed by atoms with Crippen LogP contribution in [-0.2, 0) is 24.0 Å². The molecule has 0 radical (unpaired) electrons. The Morgan fingerprint density at radius 2 is 1.83 bits per heavy atom. The highest BCUT2D eigenvalue weighted by Crippen LogP contribution is 2.19. The molecule has 0 spiro atoms. The second-order valence-corrected chi connectivity index (χ2v) is 7.07. The average molecular weight is 434 g/mol. The maximum absolute atomic E-state index is 12.8. The van der Waals surface area contributed by atoms with Crippen molar-refractivity contribution in [2.75, 3.05) is 12.3 Å². The van der Waals surface area contributed by atoms with Gasteiger partial charge in [-0.3, -0.25) is 19.2 Å². The summed E-state index contributed by atoms with van der Waals surface area (Å²) in [6.45, 7) is 1.41. The van der Waals surface area contributed by atoms with Gasteiger partial charge in [-0.2, -0.15) is 12.6 Å². The minimum absolute atomic E-state index is 0.124. The van der Waals surface area contributed by atoms with E-state index in [2.05, 4.69) is 23.3 Å². The van der Waals surface area contributed by atoms with Crippen molar-refractivity contribution in [1.29, 1.82) is 0 Å². The number of hydrogen-bond donors (Lipinski definition) is 7. The number of rotatable bonds is 10. The van der Waals surface area contributed by atoms with Crippen molar-refractivity contribution in [1.82, 2.24) is 15.5 Å². The third kappa shape index (κ3) is 6.87. The molecule has 164 valence electrons. The van der Waals surface area contributed by atoms with Crippen molar-refractivity contribution < 1.29 is 39.3 Å². The average Bonchev–Trinajstić information content (AvgIpc) is 3.11. The lowest BCUT2D eigenvalue weighted by Crippen LogP contribution is -2.58. The van der Waals surface area contributed by atoms with Crippen LogP contribution in [0.15, 0.2) is 0 Å². The van der Waals surface area contributed by atoms with Gasteiger partial charge in [0.1, 0.15) is 12.1 Å². The highest BCUT2D eigenvalue weighted by molar-refractivity contribution is 7.80. The first-order valence-corrected chi connectivity index (χ1v) is 9.53. The molecule has 1 fully saturated rings. The number of nitrogens with two attached hydrogens (primary N) is 1. The van der Waals surface area contributed by atoms with Crippen LogP contribution in [-0.4, -0.2) is 92.4 Å². The van der Waals surface area contributed by atoms with Crippen LogP contribution in [0.3, 0.4) is 0 Å². The molecule has 1 aliphatic heterocycles. The Labute approximate surface area is 172 Å². The van der Waals surface area contributed by atoms with E-state index in [1.807, 2.05) is 0 Å². The first-order chi connectivity index (χ1) is 13.5. The van der Waals surface area contributed by atoms with Crippen LogP contribution in [0, 0.1) is 0 Å². The number of aliphatic hydroxyl groups is 1. The second kappa shape index (κ2) is 11.0. The van der Waals surface area contributed by atoms with Gasteiger partial charge in [0, 0.05) is 12.3 Å². The van der Waals surface area contributed by atoms with E-state index in [0.29, 0.717) is 6.42 Å². The normalized spacial score (nSPS) is 20.3. The lowest BCUT2D eigenvalue weighted by molar-refractivity contribution is -0.147. The number of likely N-dealkylation sites (tertiary alicyclic amines) is 1. The van der Waals surface area contributed by atoms with Gasteiger partial charge in [0.15, 0.2) is 6.04 Å². The molecule has 5 atom stereocenters. The van der Waals surface area contributed by atoms with E-state index in [9.17, 15) is 29.1 Å². The maximum atomic E-state index is 12.8. The van der Waals surface area contributed by atoms with E-state index in [1.54, 1.807) is 0 Å². The molecule has 3 amide bonds. The first kappa shape index (κ1) is 24.7. The fourth-order valence-electron chi connectivity index (χ4n) is 2.89. The molecule has 12 nitrogen and oxygen atoms in total. The minimum Gasteiger partial charge on any atom is -0.481 e. The van der Waals surface area contributed by atoms with Gasteiger partial charge in [0.2, 0.25) is 17.7 Å². The van der Waals surface area contributed by atoms with Crippen LogP contribution in [0.2, 0.25) is 0 Å². The molecule has 0 aromatic carbocycles. The summed E-state index contributed by atoms with van der Waals surface area (Å²) in [4.78, 5) is 60.3. The maximum Gasteiger partial charge on any atom is 0.328 e. The smallest absolute Gasteiger partial charge is 0.328 e. The number of aliphatic carboxylic acids is 2. The van der Waals surface area contributed by atoms with Crippen LogP contribution in [0.4, 0.5) is 0 Å². The summed E-state index contributed by atoms with van der Waals surface area (Å²) in [5.74, 6) is -5.03. The summed E-state index contributed by atoms with van der Waals surface area (Å²) >= 11 is 4.02. The zero-order valence-electron chi connectivity index (χ0n) is 15.8. The summed E-state index contributed by atoms with van der Waals surface area (Å²) in [7, 11) is 0. The topological polar surface area (TPSA) is 199 Å². The Kier molecular flexibility index (Phi) is 9.33. The summed E-state index contributed by atoms with van der Waals surface area (Å²) in [5.41, 5.74) is 5.48. The molecular formula is C16H26N4O8S. The molecular weight excluding hydrogens is 408 g/mol. The van der Waals surface area contributed by atoms with Crippen molar-refractivity contribution in [3.63, 3.8) is 0 Å². The van der Waals surface area contributed by atoms with E-state index < -0.39 is 66.4 Å². The third-order valence-electron chi connectivity index (χ3n) is 4.41. The van der Waals surface area contributed by atoms with Gasteiger partial charge in [-0.15, -0.1) is 0 Å². The van der Waals surface area contributed by atoms with Gasteiger partial charge in [0.25, 0.3) is 0 Å². The van der Waals surface area contributed by atoms with E-state index >= 15 is 0 Å².